The van der Waals surface area contributed by atoms with Gasteiger partial charge in [-0.1, -0.05) is 18.2 Å². The molecule has 6 nitrogen and oxygen atoms in total. The van der Waals surface area contributed by atoms with Crippen molar-refractivity contribution in [2.24, 2.45) is 0 Å². The van der Waals surface area contributed by atoms with Crippen LogP contribution in [-0.2, 0) is 6.42 Å². The normalized spacial score (nSPS) is 26.4. The first-order valence-electron chi connectivity index (χ1n) is 10.1. The van der Waals surface area contributed by atoms with Crippen LogP contribution >= 0.6 is 11.8 Å². The van der Waals surface area contributed by atoms with Gasteiger partial charge in [0.25, 0.3) is 0 Å². The molecule has 164 valence electrons. The molecule has 7 heteroatoms. The molecule has 0 aliphatic carbocycles. The zero-order valence-electron chi connectivity index (χ0n) is 17.5. The maximum atomic E-state index is 10.6. The number of ether oxygens (including phenoxy) is 2. The van der Waals surface area contributed by atoms with E-state index in [9.17, 15) is 20.4 Å². The highest BCUT2D eigenvalue weighted by Crippen LogP contribution is 2.46. The van der Waals surface area contributed by atoms with E-state index in [4.69, 9.17) is 9.47 Å². The molecule has 2 aromatic rings. The summed E-state index contributed by atoms with van der Waals surface area (Å²) >= 11 is 1.26. The topological polar surface area (TPSA) is 99.4 Å². The van der Waals surface area contributed by atoms with Crippen LogP contribution in [0.1, 0.15) is 34.4 Å². The number of rotatable bonds is 7. The van der Waals surface area contributed by atoms with Crippen LogP contribution in [-0.4, -0.2) is 64.3 Å². The molecule has 0 aromatic heterocycles. The van der Waals surface area contributed by atoms with Crippen LogP contribution in [0.25, 0.3) is 0 Å². The Kier molecular flexibility index (Phi) is 7.65. The van der Waals surface area contributed by atoms with E-state index in [-0.39, 0.29) is 6.61 Å². The molecule has 0 bridgehead atoms. The number of aliphatic hydroxyl groups excluding tert-OH is 4. The molecule has 30 heavy (non-hydrogen) atoms. The molecule has 0 amide bonds. The summed E-state index contributed by atoms with van der Waals surface area (Å²) < 4.78 is 11.1. The lowest BCUT2D eigenvalue weighted by atomic mass is 9.92. The van der Waals surface area contributed by atoms with Gasteiger partial charge in [-0.15, -0.1) is 11.8 Å². The van der Waals surface area contributed by atoms with E-state index in [2.05, 4.69) is 0 Å². The molecule has 4 N–H and O–H groups in total. The van der Waals surface area contributed by atoms with E-state index >= 15 is 0 Å². The predicted molar refractivity (Wildman–Crippen MR) is 117 cm³/mol. The molecule has 1 heterocycles. The van der Waals surface area contributed by atoms with E-state index in [0.717, 1.165) is 28.0 Å². The second kappa shape index (κ2) is 10.0. The van der Waals surface area contributed by atoms with Crippen LogP contribution in [0.2, 0.25) is 0 Å². The number of hydrogen-bond donors (Lipinski definition) is 4. The summed E-state index contributed by atoms with van der Waals surface area (Å²) in [4.78, 5) is 0. The second-order valence-electron chi connectivity index (χ2n) is 7.52. The summed E-state index contributed by atoms with van der Waals surface area (Å²) in [6, 6.07) is 11.9. The molecule has 3 unspecified atom stereocenters. The van der Waals surface area contributed by atoms with E-state index in [1.807, 2.05) is 50.2 Å². The highest BCUT2D eigenvalue weighted by Gasteiger charge is 2.44. The fourth-order valence-corrected chi connectivity index (χ4v) is 5.22. The Morgan fingerprint density at radius 3 is 2.30 bits per heavy atom. The zero-order chi connectivity index (χ0) is 21.8. The molecule has 0 radical (unpaired) electrons. The molecular formula is C23H30O6S. The highest BCUT2D eigenvalue weighted by molar-refractivity contribution is 8.00. The molecule has 5 atom stereocenters. The molecule has 3 rings (SSSR count). The summed E-state index contributed by atoms with van der Waals surface area (Å²) in [7, 11) is 1.57. The van der Waals surface area contributed by atoms with Gasteiger partial charge in [-0.05, 0) is 55.2 Å². The first-order valence-corrected chi connectivity index (χ1v) is 11.0. The van der Waals surface area contributed by atoms with Crippen LogP contribution in [0.4, 0.5) is 0 Å². The zero-order valence-corrected chi connectivity index (χ0v) is 18.3. The summed E-state index contributed by atoms with van der Waals surface area (Å²) in [5.74, 6) is 1.44. The van der Waals surface area contributed by atoms with Crippen molar-refractivity contribution >= 4 is 11.8 Å². The largest absolute Gasteiger partial charge is 0.496 e. The van der Waals surface area contributed by atoms with Gasteiger partial charge < -0.3 is 29.9 Å². The fourth-order valence-electron chi connectivity index (χ4n) is 3.78. The number of benzene rings is 2. The average molecular weight is 435 g/mol. The number of aryl methyl sites for hydroxylation is 1. The SMILES string of the molecule is CCOc1ccc(Cc2cc([C@@H]3SC(CO)[C@@H](O)C(O)C3O)c(OC)cc2C)cc1. The maximum Gasteiger partial charge on any atom is 0.123 e. The van der Waals surface area contributed by atoms with Crippen molar-refractivity contribution in [3.8, 4) is 11.5 Å². The number of aliphatic hydroxyl groups is 4. The molecule has 0 saturated carbocycles. The van der Waals surface area contributed by atoms with Gasteiger partial charge in [-0.3, -0.25) is 0 Å². The molecule has 1 aliphatic rings. The minimum Gasteiger partial charge on any atom is -0.496 e. The van der Waals surface area contributed by atoms with Gasteiger partial charge in [-0.25, -0.2) is 0 Å². The van der Waals surface area contributed by atoms with Crippen molar-refractivity contribution in [1.82, 2.24) is 0 Å². The summed E-state index contributed by atoms with van der Waals surface area (Å²) in [5, 5.41) is 39.5. The van der Waals surface area contributed by atoms with Crippen molar-refractivity contribution in [3.63, 3.8) is 0 Å². The van der Waals surface area contributed by atoms with Crippen LogP contribution in [0.5, 0.6) is 11.5 Å². The Balaban J connectivity index is 1.93. The quantitative estimate of drug-likeness (QED) is 0.530. The van der Waals surface area contributed by atoms with Crippen molar-refractivity contribution in [2.45, 2.75) is 49.1 Å². The van der Waals surface area contributed by atoms with Gasteiger partial charge in [0, 0.05) is 5.56 Å². The Morgan fingerprint density at radius 1 is 1.00 bits per heavy atom. The van der Waals surface area contributed by atoms with Gasteiger partial charge in [-0.2, -0.15) is 0 Å². The number of hydrogen-bond acceptors (Lipinski definition) is 7. The average Bonchev–Trinajstić information content (AvgIpc) is 2.75. The van der Waals surface area contributed by atoms with Crippen molar-refractivity contribution < 1.29 is 29.9 Å². The monoisotopic (exact) mass is 434 g/mol. The van der Waals surface area contributed by atoms with Gasteiger partial charge in [0.2, 0.25) is 0 Å². The van der Waals surface area contributed by atoms with Gasteiger partial charge in [0.05, 0.1) is 43.0 Å². The molecule has 1 aliphatic heterocycles. The summed E-state index contributed by atoms with van der Waals surface area (Å²) in [5.41, 5.74) is 3.99. The van der Waals surface area contributed by atoms with Gasteiger partial charge >= 0.3 is 0 Å². The second-order valence-corrected chi connectivity index (χ2v) is 8.91. The van der Waals surface area contributed by atoms with Crippen LogP contribution < -0.4 is 9.47 Å². The van der Waals surface area contributed by atoms with E-state index in [1.165, 1.54) is 11.8 Å². The molecular weight excluding hydrogens is 404 g/mol. The molecule has 1 saturated heterocycles. The van der Waals surface area contributed by atoms with Crippen LogP contribution in [0.15, 0.2) is 36.4 Å². The third-order valence-electron chi connectivity index (χ3n) is 5.52. The standard InChI is InChI=1S/C23H30O6S/c1-4-29-16-7-5-14(6-8-16)10-15-11-17(18(28-3)9-13(15)2)23-22(27)21(26)20(25)19(12-24)30-23/h5-9,11,19-27H,4,10,12H2,1-3H3/t19?,20-,21?,22?,23+/m1/s1. The minimum absolute atomic E-state index is 0.292. The van der Waals surface area contributed by atoms with Crippen LogP contribution in [0.3, 0.4) is 0 Å². The first kappa shape index (κ1) is 22.9. The van der Waals surface area contributed by atoms with Crippen molar-refractivity contribution in [3.05, 3.63) is 58.7 Å². The van der Waals surface area contributed by atoms with Crippen molar-refractivity contribution in [1.29, 1.82) is 0 Å². The first-order chi connectivity index (χ1) is 14.4. The molecule has 2 aromatic carbocycles. The Bertz CT molecular complexity index is 838. The molecule has 1 fully saturated rings. The van der Waals surface area contributed by atoms with Gasteiger partial charge in [0.1, 0.15) is 17.6 Å². The third-order valence-corrected chi connectivity index (χ3v) is 7.12. The smallest absolute Gasteiger partial charge is 0.123 e. The molecule has 0 spiro atoms. The maximum absolute atomic E-state index is 10.6. The lowest BCUT2D eigenvalue weighted by molar-refractivity contribution is -0.0701. The Labute approximate surface area is 181 Å². The lowest BCUT2D eigenvalue weighted by Gasteiger charge is -2.40. The summed E-state index contributed by atoms with van der Waals surface area (Å²) in [6.07, 6.45) is -3.01. The minimum atomic E-state index is -1.34. The van der Waals surface area contributed by atoms with E-state index < -0.39 is 28.8 Å². The van der Waals surface area contributed by atoms with E-state index in [0.29, 0.717) is 18.8 Å². The fraction of sp³-hybridized carbons (Fsp3) is 0.478. The Morgan fingerprint density at radius 2 is 1.70 bits per heavy atom. The predicted octanol–water partition coefficient (Wildman–Crippen LogP) is 2.22. The van der Waals surface area contributed by atoms with Crippen molar-refractivity contribution in [2.75, 3.05) is 20.3 Å². The Hall–Kier alpha value is -1.77. The highest BCUT2D eigenvalue weighted by atomic mass is 32.2. The number of thioether (sulfide) groups is 1. The van der Waals surface area contributed by atoms with Crippen LogP contribution in [0, 0.1) is 6.92 Å². The van der Waals surface area contributed by atoms with Gasteiger partial charge in [0.15, 0.2) is 0 Å². The summed E-state index contributed by atoms with van der Waals surface area (Å²) in [6.45, 7) is 4.29. The van der Waals surface area contributed by atoms with E-state index in [1.54, 1.807) is 7.11 Å². The number of methoxy groups -OCH3 is 1. The third kappa shape index (κ3) is 4.76. The lowest BCUT2D eigenvalue weighted by Crippen LogP contribution is -2.51.